The molecule has 0 rings (SSSR count). The first-order valence-electron chi connectivity index (χ1n) is 4.63. The zero-order valence-corrected chi connectivity index (χ0v) is 9.88. The van der Waals surface area contributed by atoms with Crippen molar-refractivity contribution in [2.75, 3.05) is 19.8 Å². The van der Waals surface area contributed by atoms with Crippen LogP contribution in [0.3, 0.4) is 0 Å². The van der Waals surface area contributed by atoms with Gasteiger partial charge < -0.3 is 20.6 Å². The average molecular weight is 242 g/mol. The second-order valence-electron chi connectivity index (χ2n) is 3.92. The van der Waals surface area contributed by atoms with Gasteiger partial charge in [-0.1, -0.05) is 13.8 Å². The van der Waals surface area contributed by atoms with E-state index in [4.69, 9.17) is 10.2 Å². The van der Waals surface area contributed by atoms with Crippen LogP contribution in [-0.2, 0) is 4.79 Å². The van der Waals surface area contributed by atoms with Crippen LogP contribution in [0.2, 0.25) is 0 Å². The van der Waals surface area contributed by atoms with Crippen LogP contribution < -0.4 is 5.32 Å². The van der Waals surface area contributed by atoms with Crippen molar-refractivity contribution in [3.63, 3.8) is 0 Å². The molecule has 1 amide bonds. The Kier molecular flexibility index (Phi) is 8.95. The van der Waals surface area contributed by atoms with Gasteiger partial charge >= 0.3 is 0 Å². The lowest BCUT2D eigenvalue weighted by Crippen LogP contribution is -2.45. The molecule has 0 spiro atoms. The summed E-state index contributed by atoms with van der Waals surface area (Å²) in [4.78, 5) is 11.3. The first-order chi connectivity index (χ1) is 6.45. The third-order valence-electron chi connectivity index (χ3n) is 2.03. The third kappa shape index (κ3) is 5.94. The predicted molar refractivity (Wildman–Crippen MR) is 58.8 cm³/mol. The molecule has 1 atom stereocenters. The first-order valence-corrected chi connectivity index (χ1v) is 4.63. The van der Waals surface area contributed by atoms with Gasteiger partial charge in [0, 0.05) is 18.6 Å². The van der Waals surface area contributed by atoms with Crippen molar-refractivity contribution in [3.8, 4) is 0 Å². The maximum atomic E-state index is 11.3. The molecular weight excluding hydrogens is 222 g/mol. The molecule has 0 aromatic rings. The Morgan fingerprint density at radius 3 is 2.33 bits per heavy atom. The van der Waals surface area contributed by atoms with Gasteiger partial charge in [0.05, 0.1) is 6.61 Å². The van der Waals surface area contributed by atoms with Gasteiger partial charge in [0.25, 0.3) is 0 Å². The first kappa shape index (κ1) is 17.0. The van der Waals surface area contributed by atoms with E-state index in [9.17, 15) is 9.90 Å². The van der Waals surface area contributed by atoms with Gasteiger partial charge in [-0.2, -0.15) is 0 Å². The number of hydrogen-bond donors (Lipinski definition) is 4. The molecule has 0 saturated heterocycles. The standard InChI is InChI=1S/C9H19NO4.ClH/c1-9(2,6-12)7(13)8(14)10-4-3-5-11;/h7,11-13H,3-6H2,1-2H3,(H,10,14);1H/t7-;/m0./s1. The molecule has 0 bridgehead atoms. The second kappa shape index (κ2) is 7.87. The fourth-order valence-electron chi connectivity index (χ4n) is 0.829. The number of aliphatic hydroxyl groups excluding tert-OH is 3. The number of halogens is 1. The lowest BCUT2D eigenvalue weighted by atomic mass is 9.87. The summed E-state index contributed by atoms with van der Waals surface area (Å²) in [6.45, 7) is 3.27. The molecule has 0 aromatic heterocycles. The van der Waals surface area contributed by atoms with Crippen LogP contribution >= 0.6 is 12.4 Å². The Labute approximate surface area is 95.9 Å². The van der Waals surface area contributed by atoms with Crippen molar-refractivity contribution >= 4 is 18.3 Å². The second-order valence-corrected chi connectivity index (χ2v) is 3.92. The monoisotopic (exact) mass is 241 g/mol. The topological polar surface area (TPSA) is 89.8 Å². The maximum absolute atomic E-state index is 11.3. The van der Waals surface area contributed by atoms with Crippen molar-refractivity contribution in [2.24, 2.45) is 5.41 Å². The van der Waals surface area contributed by atoms with E-state index in [1.165, 1.54) is 0 Å². The molecule has 0 fully saturated rings. The number of nitrogens with one attached hydrogen (secondary N) is 1. The van der Waals surface area contributed by atoms with Gasteiger partial charge in [0.1, 0.15) is 6.10 Å². The highest BCUT2D eigenvalue weighted by molar-refractivity contribution is 5.85. The van der Waals surface area contributed by atoms with Crippen molar-refractivity contribution in [2.45, 2.75) is 26.4 Å². The van der Waals surface area contributed by atoms with E-state index in [-0.39, 0.29) is 25.6 Å². The molecule has 5 nitrogen and oxygen atoms in total. The molecule has 4 N–H and O–H groups in total. The highest BCUT2D eigenvalue weighted by Crippen LogP contribution is 2.19. The summed E-state index contributed by atoms with van der Waals surface area (Å²) in [5.41, 5.74) is -0.844. The molecule has 0 aliphatic heterocycles. The Bertz CT molecular complexity index is 187. The number of rotatable bonds is 6. The molecule has 0 aromatic carbocycles. The van der Waals surface area contributed by atoms with E-state index in [1.807, 2.05) is 0 Å². The maximum Gasteiger partial charge on any atom is 0.249 e. The minimum absolute atomic E-state index is 0. The molecular formula is C9H20ClNO4. The number of aliphatic hydroxyl groups is 3. The summed E-state index contributed by atoms with van der Waals surface area (Å²) in [7, 11) is 0. The molecule has 0 saturated carbocycles. The lowest BCUT2D eigenvalue weighted by Gasteiger charge is -2.27. The summed E-state index contributed by atoms with van der Waals surface area (Å²) >= 11 is 0. The van der Waals surface area contributed by atoms with E-state index >= 15 is 0 Å². The predicted octanol–water partition coefficient (Wildman–Crippen LogP) is -0.714. The highest BCUT2D eigenvalue weighted by Gasteiger charge is 2.32. The molecule has 0 heterocycles. The largest absolute Gasteiger partial charge is 0.396 e. The van der Waals surface area contributed by atoms with Crippen LogP contribution in [0.5, 0.6) is 0 Å². The zero-order chi connectivity index (χ0) is 11.2. The number of carbonyl (C=O) groups excluding carboxylic acids is 1. The third-order valence-corrected chi connectivity index (χ3v) is 2.03. The van der Waals surface area contributed by atoms with Crippen LogP contribution in [0.15, 0.2) is 0 Å². The minimum Gasteiger partial charge on any atom is -0.396 e. The van der Waals surface area contributed by atoms with Gasteiger partial charge in [-0.15, -0.1) is 12.4 Å². The normalized spacial score (nSPS) is 12.9. The Hall–Kier alpha value is -0.360. The van der Waals surface area contributed by atoms with Crippen molar-refractivity contribution in [1.82, 2.24) is 5.32 Å². The number of amides is 1. The minimum atomic E-state index is -1.23. The van der Waals surface area contributed by atoms with Gasteiger partial charge in [-0.25, -0.2) is 0 Å². The van der Waals surface area contributed by atoms with Crippen LogP contribution in [-0.4, -0.2) is 47.1 Å². The SMILES string of the molecule is CC(C)(CO)[C@@H](O)C(=O)NCCCO.Cl. The van der Waals surface area contributed by atoms with Crippen molar-refractivity contribution in [3.05, 3.63) is 0 Å². The van der Waals surface area contributed by atoms with Crippen molar-refractivity contribution in [1.29, 1.82) is 0 Å². The van der Waals surface area contributed by atoms with Gasteiger partial charge in [0.2, 0.25) is 5.91 Å². The molecule has 0 unspecified atom stereocenters. The Morgan fingerprint density at radius 1 is 1.40 bits per heavy atom. The fraction of sp³-hybridized carbons (Fsp3) is 0.889. The van der Waals surface area contributed by atoms with Gasteiger partial charge in [-0.3, -0.25) is 4.79 Å². The molecule has 0 aliphatic rings. The number of carbonyl (C=O) groups is 1. The van der Waals surface area contributed by atoms with E-state index in [0.29, 0.717) is 13.0 Å². The van der Waals surface area contributed by atoms with E-state index in [2.05, 4.69) is 5.32 Å². The average Bonchev–Trinajstić information content (AvgIpc) is 2.17. The van der Waals surface area contributed by atoms with Gasteiger partial charge in [-0.05, 0) is 6.42 Å². The molecule has 15 heavy (non-hydrogen) atoms. The Balaban J connectivity index is 0. The Morgan fingerprint density at radius 2 is 1.93 bits per heavy atom. The fourth-order valence-corrected chi connectivity index (χ4v) is 0.829. The number of hydrogen-bond acceptors (Lipinski definition) is 4. The summed E-state index contributed by atoms with van der Waals surface area (Å²) in [6.07, 6.45) is -0.774. The molecule has 0 radical (unpaired) electrons. The van der Waals surface area contributed by atoms with Crippen LogP contribution in [0, 0.1) is 5.41 Å². The van der Waals surface area contributed by atoms with E-state index in [0.717, 1.165) is 0 Å². The zero-order valence-electron chi connectivity index (χ0n) is 9.06. The summed E-state index contributed by atoms with van der Waals surface area (Å²) in [5, 5.41) is 29.3. The molecule has 92 valence electrons. The lowest BCUT2D eigenvalue weighted by molar-refractivity contribution is -0.137. The van der Waals surface area contributed by atoms with E-state index in [1.54, 1.807) is 13.8 Å². The van der Waals surface area contributed by atoms with Crippen molar-refractivity contribution < 1.29 is 20.1 Å². The summed E-state index contributed by atoms with van der Waals surface area (Å²) < 4.78 is 0. The van der Waals surface area contributed by atoms with Crippen LogP contribution in [0.25, 0.3) is 0 Å². The quantitative estimate of drug-likeness (QED) is 0.463. The summed E-state index contributed by atoms with van der Waals surface area (Å²) in [5.74, 6) is -0.516. The van der Waals surface area contributed by atoms with Gasteiger partial charge in [0.15, 0.2) is 0 Å². The van der Waals surface area contributed by atoms with Crippen LogP contribution in [0.1, 0.15) is 20.3 Å². The smallest absolute Gasteiger partial charge is 0.249 e. The van der Waals surface area contributed by atoms with Crippen LogP contribution in [0.4, 0.5) is 0 Å². The van der Waals surface area contributed by atoms with E-state index < -0.39 is 17.4 Å². The highest BCUT2D eigenvalue weighted by atomic mass is 35.5. The molecule has 6 heteroatoms. The summed E-state index contributed by atoms with van der Waals surface area (Å²) in [6, 6.07) is 0. The molecule has 0 aliphatic carbocycles.